The lowest BCUT2D eigenvalue weighted by Gasteiger charge is -2.08. The van der Waals surface area contributed by atoms with Crippen molar-refractivity contribution in [3.8, 4) is 0 Å². The first-order valence-corrected chi connectivity index (χ1v) is 7.57. The van der Waals surface area contributed by atoms with Crippen molar-refractivity contribution < 1.29 is 4.79 Å². The molecule has 3 rings (SSSR count). The lowest BCUT2D eigenvalue weighted by Crippen LogP contribution is -2.41. The van der Waals surface area contributed by atoms with E-state index in [1.54, 1.807) is 24.3 Å². The number of rotatable bonds is 5. The van der Waals surface area contributed by atoms with Gasteiger partial charge in [-0.1, -0.05) is 12.1 Å². The maximum atomic E-state index is 12.3. The number of para-hydroxylation sites is 1. The molecule has 0 unspecified atom stereocenters. The highest BCUT2D eigenvalue weighted by molar-refractivity contribution is 5.78. The molecule has 3 aromatic rings. The van der Waals surface area contributed by atoms with Crippen LogP contribution in [-0.4, -0.2) is 31.8 Å². The zero-order valence-electron chi connectivity index (χ0n) is 13.1. The summed E-state index contributed by atoms with van der Waals surface area (Å²) in [5.74, 6) is -0.508. The molecule has 25 heavy (non-hydrogen) atoms. The second kappa shape index (κ2) is 6.95. The predicted molar refractivity (Wildman–Crippen MR) is 90.3 cm³/mol. The van der Waals surface area contributed by atoms with Gasteiger partial charge in [-0.05, 0) is 18.2 Å². The number of nitrogens with zero attached hydrogens (tertiary/aromatic N) is 3. The van der Waals surface area contributed by atoms with Gasteiger partial charge < -0.3 is 10.3 Å². The van der Waals surface area contributed by atoms with Crippen LogP contribution in [0.5, 0.6) is 0 Å². The number of benzene rings is 1. The van der Waals surface area contributed by atoms with Gasteiger partial charge in [-0.3, -0.25) is 19.0 Å². The summed E-state index contributed by atoms with van der Waals surface area (Å²) in [6.45, 7) is -0.0690. The summed E-state index contributed by atoms with van der Waals surface area (Å²) < 4.78 is 2.04. The van der Waals surface area contributed by atoms with Crippen LogP contribution < -0.4 is 22.1 Å². The second-order valence-electron chi connectivity index (χ2n) is 5.30. The van der Waals surface area contributed by atoms with Gasteiger partial charge >= 0.3 is 5.69 Å². The highest BCUT2D eigenvalue weighted by Gasteiger charge is 2.10. The van der Waals surface area contributed by atoms with Crippen molar-refractivity contribution in [1.82, 2.24) is 24.6 Å². The van der Waals surface area contributed by atoms with E-state index in [1.807, 2.05) is 0 Å². The van der Waals surface area contributed by atoms with Crippen molar-refractivity contribution in [3.63, 3.8) is 0 Å². The van der Waals surface area contributed by atoms with E-state index in [0.29, 0.717) is 10.9 Å². The third-order valence-corrected chi connectivity index (χ3v) is 3.62. The molecule has 0 aliphatic heterocycles. The van der Waals surface area contributed by atoms with Crippen LogP contribution in [0.3, 0.4) is 0 Å². The molecule has 0 aliphatic rings. The molecule has 9 nitrogen and oxygen atoms in total. The number of nitrogens with one attached hydrogen (secondary N) is 2. The van der Waals surface area contributed by atoms with Gasteiger partial charge in [0.05, 0.1) is 17.4 Å². The summed E-state index contributed by atoms with van der Waals surface area (Å²) in [4.78, 5) is 50.4. The molecule has 0 atom stereocenters. The van der Waals surface area contributed by atoms with Gasteiger partial charge in [-0.25, -0.2) is 9.48 Å². The Bertz CT molecular complexity index is 1100. The van der Waals surface area contributed by atoms with Crippen LogP contribution in [0.25, 0.3) is 10.9 Å². The highest BCUT2D eigenvalue weighted by atomic mass is 16.2. The number of aromatic nitrogens is 4. The van der Waals surface area contributed by atoms with E-state index >= 15 is 0 Å². The van der Waals surface area contributed by atoms with E-state index in [0.717, 1.165) is 4.57 Å². The molecular formula is C16H15N5O4. The summed E-state index contributed by atoms with van der Waals surface area (Å²) in [7, 11) is 0. The smallest absolute Gasteiger partial charge is 0.329 e. The zero-order chi connectivity index (χ0) is 17.8. The largest absolute Gasteiger partial charge is 0.353 e. The molecule has 0 saturated heterocycles. The van der Waals surface area contributed by atoms with Gasteiger partial charge in [0.15, 0.2) is 0 Å². The van der Waals surface area contributed by atoms with Gasteiger partial charge in [-0.2, -0.15) is 5.10 Å². The van der Waals surface area contributed by atoms with Crippen LogP contribution in [-0.2, 0) is 17.9 Å². The Balaban J connectivity index is 1.70. The van der Waals surface area contributed by atoms with Gasteiger partial charge in [0, 0.05) is 18.8 Å². The lowest BCUT2D eigenvalue weighted by molar-refractivity contribution is -0.121. The van der Waals surface area contributed by atoms with E-state index < -0.39 is 23.7 Å². The van der Waals surface area contributed by atoms with Crippen LogP contribution in [0.2, 0.25) is 0 Å². The van der Waals surface area contributed by atoms with E-state index in [-0.39, 0.29) is 18.6 Å². The number of carbonyl (C=O) groups excluding carboxylic acids is 1. The molecule has 9 heteroatoms. The number of aromatic amines is 1. The van der Waals surface area contributed by atoms with Crippen LogP contribution in [0.4, 0.5) is 0 Å². The van der Waals surface area contributed by atoms with Gasteiger partial charge in [0.2, 0.25) is 5.91 Å². The lowest BCUT2D eigenvalue weighted by atomic mass is 10.2. The summed E-state index contributed by atoms with van der Waals surface area (Å²) in [5, 5.41) is 6.75. The topological polar surface area (TPSA) is 119 Å². The predicted octanol–water partition coefficient (Wildman–Crippen LogP) is -0.937. The molecule has 0 aliphatic carbocycles. The molecule has 2 N–H and O–H groups in total. The molecule has 0 spiro atoms. The number of amides is 1. The quantitative estimate of drug-likeness (QED) is 0.621. The molecule has 0 saturated carbocycles. The third kappa shape index (κ3) is 3.55. The fraction of sp³-hybridized carbons (Fsp3) is 0.188. The van der Waals surface area contributed by atoms with E-state index in [2.05, 4.69) is 15.4 Å². The van der Waals surface area contributed by atoms with Crippen molar-refractivity contribution in [2.24, 2.45) is 0 Å². The summed E-state index contributed by atoms with van der Waals surface area (Å²) in [6, 6.07) is 9.47. The molecule has 0 radical (unpaired) electrons. The van der Waals surface area contributed by atoms with Crippen molar-refractivity contribution >= 4 is 16.8 Å². The van der Waals surface area contributed by atoms with Crippen LogP contribution in [0.1, 0.15) is 0 Å². The Morgan fingerprint density at radius 2 is 1.92 bits per heavy atom. The Kier molecular flexibility index (Phi) is 4.55. The monoisotopic (exact) mass is 341 g/mol. The molecule has 0 bridgehead atoms. The summed E-state index contributed by atoms with van der Waals surface area (Å²) >= 11 is 0. The highest BCUT2D eigenvalue weighted by Crippen LogP contribution is 2.02. The second-order valence-corrected chi connectivity index (χ2v) is 5.30. The Labute approximate surface area is 140 Å². The number of H-pyrrole nitrogens is 1. The molecule has 128 valence electrons. The fourth-order valence-corrected chi connectivity index (χ4v) is 2.40. The van der Waals surface area contributed by atoms with E-state index in [4.69, 9.17) is 0 Å². The van der Waals surface area contributed by atoms with Gasteiger partial charge in [0.25, 0.3) is 11.1 Å². The number of fused-ring (bicyclic) bond motifs is 1. The third-order valence-electron chi connectivity index (χ3n) is 3.62. The maximum absolute atomic E-state index is 12.3. The molecule has 0 fully saturated rings. The minimum Gasteiger partial charge on any atom is -0.353 e. The standard InChI is InChI=1S/C16H15N5O4/c22-13(17-8-9-21-14(23)6-3-7-18-21)10-20-15(24)11-4-1-2-5-12(11)19-16(20)25/h1-7H,8-10H2,(H,17,22)(H,19,25). The number of carbonyl (C=O) groups is 1. The van der Waals surface area contributed by atoms with E-state index in [1.165, 1.54) is 23.0 Å². The first-order valence-electron chi connectivity index (χ1n) is 7.57. The average Bonchev–Trinajstić information content (AvgIpc) is 2.60. The van der Waals surface area contributed by atoms with Crippen LogP contribution in [0, 0.1) is 0 Å². The van der Waals surface area contributed by atoms with Crippen molar-refractivity contribution in [2.75, 3.05) is 6.54 Å². The van der Waals surface area contributed by atoms with Crippen LogP contribution >= 0.6 is 0 Å². The first kappa shape index (κ1) is 16.4. The average molecular weight is 341 g/mol. The summed E-state index contributed by atoms with van der Waals surface area (Å²) in [5.41, 5.74) is -1.04. The molecule has 2 aromatic heterocycles. The SMILES string of the molecule is O=C(Cn1c(=O)[nH]c2ccccc2c1=O)NCCn1ncccc1=O. The number of hydrogen-bond acceptors (Lipinski definition) is 5. The van der Waals surface area contributed by atoms with Gasteiger partial charge in [0.1, 0.15) is 6.54 Å². The van der Waals surface area contributed by atoms with E-state index in [9.17, 15) is 19.2 Å². The maximum Gasteiger partial charge on any atom is 0.329 e. The Hall–Kier alpha value is -3.49. The molecular weight excluding hydrogens is 326 g/mol. The van der Waals surface area contributed by atoms with Crippen molar-refractivity contribution in [1.29, 1.82) is 0 Å². The molecule has 1 amide bonds. The first-order chi connectivity index (χ1) is 12.1. The molecule has 2 heterocycles. The normalized spacial score (nSPS) is 10.7. The minimum absolute atomic E-state index is 0.149. The Morgan fingerprint density at radius 3 is 2.72 bits per heavy atom. The fourth-order valence-electron chi connectivity index (χ4n) is 2.40. The number of hydrogen-bond donors (Lipinski definition) is 2. The van der Waals surface area contributed by atoms with Gasteiger partial charge in [-0.15, -0.1) is 0 Å². The van der Waals surface area contributed by atoms with Crippen LogP contribution in [0.15, 0.2) is 57.0 Å². The van der Waals surface area contributed by atoms with Crippen molar-refractivity contribution in [3.05, 3.63) is 73.8 Å². The van der Waals surface area contributed by atoms with Crippen molar-refractivity contribution in [2.45, 2.75) is 13.1 Å². The minimum atomic E-state index is -0.653. The zero-order valence-corrected chi connectivity index (χ0v) is 13.1. The molecule has 1 aromatic carbocycles. The summed E-state index contributed by atoms with van der Waals surface area (Å²) in [6.07, 6.45) is 1.47. The Morgan fingerprint density at radius 1 is 1.12 bits per heavy atom.